The van der Waals surface area contributed by atoms with E-state index in [9.17, 15) is 27.2 Å². The first-order valence-corrected chi connectivity index (χ1v) is 13.4. The molecule has 0 aliphatic heterocycles. The molecule has 0 fully saturated rings. The van der Waals surface area contributed by atoms with E-state index in [4.69, 9.17) is 9.47 Å². The van der Waals surface area contributed by atoms with Crippen LogP contribution in [0.2, 0.25) is 0 Å². The summed E-state index contributed by atoms with van der Waals surface area (Å²) >= 11 is 0. The Morgan fingerprint density at radius 2 is 1.46 bits per heavy atom. The van der Waals surface area contributed by atoms with Crippen molar-refractivity contribution in [2.24, 2.45) is 0 Å². The second kappa shape index (κ2) is 15.0. The van der Waals surface area contributed by atoms with Crippen LogP contribution in [0.3, 0.4) is 0 Å². The highest BCUT2D eigenvalue weighted by Gasteiger charge is 2.42. The molecule has 0 bridgehead atoms. The van der Waals surface area contributed by atoms with Crippen LogP contribution in [0.1, 0.15) is 66.2 Å². The molecule has 0 aliphatic rings. The van der Waals surface area contributed by atoms with Gasteiger partial charge in [-0.25, -0.2) is 14.0 Å². The maximum absolute atomic E-state index is 14.6. The summed E-state index contributed by atoms with van der Waals surface area (Å²) < 4.78 is 70.1. The Morgan fingerprint density at radius 3 is 2.05 bits per heavy atom. The minimum Gasteiger partial charge on any atom is -0.490 e. The molecule has 3 rings (SSSR count). The van der Waals surface area contributed by atoms with Crippen molar-refractivity contribution in [2.75, 3.05) is 6.61 Å². The van der Waals surface area contributed by atoms with E-state index in [1.165, 1.54) is 0 Å². The van der Waals surface area contributed by atoms with Gasteiger partial charge in [-0.05, 0) is 60.4 Å². The van der Waals surface area contributed by atoms with Gasteiger partial charge in [0.1, 0.15) is 23.9 Å². The molecule has 0 aliphatic carbocycles. The average Bonchev–Trinajstić information content (AvgIpc) is 2.95. The van der Waals surface area contributed by atoms with Gasteiger partial charge >= 0.3 is 18.1 Å². The number of hydrogen-bond acceptors (Lipinski definition) is 5. The van der Waals surface area contributed by atoms with E-state index in [1.54, 1.807) is 30.3 Å². The zero-order chi connectivity index (χ0) is 29.8. The lowest BCUT2D eigenvalue weighted by Gasteiger charge is -2.21. The molecule has 41 heavy (non-hydrogen) atoms. The Kier molecular flexibility index (Phi) is 11.5. The largest absolute Gasteiger partial charge is 0.490 e. The summed E-state index contributed by atoms with van der Waals surface area (Å²) in [6, 6.07) is 16.7. The van der Waals surface area contributed by atoms with Gasteiger partial charge in [-0.1, -0.05) is 69.5 Å². The van der Waals surface area contributed by atoms with E-state index < -0.39 is 42.0 Å². The predicted molar refractivity (Wildman–Crippen MR) is 148 cm³/mol. The summed E-state index contributed by atoms with van der Waals surface area (Å²) in [5.41, 5.74) is 1.24. The molecule has 0 N–H and O–H groups in total. The van der Waals surface area contributed by atoms with Crippen molar-refractivity contribution in [3.05, 3.63) is 96.3 Å². The predicted octanol–water partition coefficient (Wildman–Crippen LogP) is 8.72. The molecule has 0 amide bonds. The molecular formula is C32H32F4O5. The lowest BCUT2D eigenvalue weighted by Crippen LogP contribution is -2.34. The number of rotatable bonds is 14. The number of unbranched alkanes of at least 4 members (excludes halogenated alkanes) is 4. The van der Waals surface area contributed by atoms with Gasteiger partial charge in [0.05, 0.1) is 11.1 Å². The van der Waals surface area contributed by atoms with Crippen LogP contribution < -0.4 is 9.47 Å². The van der Waals surface area contributed by atoms with E-state index in [2.05, 4.69) is 11.3 Å². The summed E-state index contributed by atoms with van der Waals surface area (Å²) in [4.78, 5) is 24.9. The van der Waals surface area contributed by atoms with E-state index in [1.807, 2.05) is 31.2 Å². The number of benzene rings is 3. The third-order valence-corrected chi connectivity index (χ3v) is 6.23. The first-order chi connectivity index (χ1) is 19.6. The topological polar surface area (TPSA) is 61.8 Å². The van der Waals surface area contributed by atoms with E-state index >= 15 is 0 Å². The molecule has 0 aromatic heterocycles. The van der Waals surface area contributed by atoms with E-state index in [-0.39, 0.29) is 17.7 Å². The van der Waals surface area contributed by atoms with Gasteiger partial charge < -0.3 is 14.2 Å². The molecule has 1 atom stereocenters. The minimum atomic E-state index is -4.77. The third-order valence-electron chi connectivity index (χ3n) is 6.23. The van der Waals surface area contributed by atoms with Gasteiger partial charge in [-0.3, -0.25) is 0 Å². The first kappa shape index (κ1) is 31.4. The molecule has 0 heterocycles. The van der Waals surface area contributed by atoms with Crippen molar-refractivity contribution in [2.45, 2.75) is 57.7 Å². The molecule has 5 nitrogen and oxygen atoms in total. The highest BCUT2D eigenvalue weighted by molar-refractivity contribution is 5.92. The maximum Gasteiger partial charge on any atom is 0.425 e. The number of hydrogen-bond donors (Lipinski definition) is 0. The molecule has 0 saturated heterocycles. The van der Waals surface area contributed by atoms with Crippen LogP contribution in [0.4, 0.5) is 17.6 Å². The summed E-state index contributed by atoms with van der Waals surface area (Å²) in [5, 5.41) is 0. The van der Waals surface area contributed by atoms with Crippen molar-refractivity contribution in [1.82, 2.24) is 0 Å². The van der Waals surface area contributed by atoms with Crippen molar-refractivity contribution < 1.29 is 41.4 Å². The lowest BCUT2D eigenvalue weighted by molar-refractivity contribution is -0.206. The third kappa shape index (κ3) is 9.48. The number of ether oxygens (including phenoxy) is 3. The SMILES string of the molecule is C=CCOc1ccc(-c2ccc(C(=O)Oc3ccc(C(=O)OC(CCCCCCC)C(F)(F)F)c(F)c3)cc2)cc1. The van der Waals surface area contributed by atoms with Crippen LogP contribution in [0.25, 0.3) is 11.1 Å². The van der Waals surface area contributed by atoms with Crippen LogP contribution in [-0.2, 0) is 4.74 Å². The Bertz CT molecular complexity index is 1300. The first-order valence-electron chi connectivity index (χ1n) is 13.4. The number of alkyl halides is 3. The van der Waals surface area contributed by atoms with Crippen molar-refractivity contribution in [3.63, 3.8) is 0 Å². The minimum absolute atomic E-state index is 0.190. The van der Waals surface area contributed by atoms with Crippen LogP contribution in [0.15, 0.2) is 79.4 Å². The molecule has 9 heteroatoms. The van der Waals surface area contributed by atoms with Crippen molar-refractivity contribution in [3.8, 4) is 22.6 Å². The Balaban J connectivity index is 1.60. The number of halogens is 4. The highest BCUT2D eigenvalue weighted by Crippen LogP contribution is 2.29. The quantitative estimate of drug-likeness (QED) is 0.0636. The summed E-state index contributed by atoms with van der Waals surface area (Å²) in [6.45, 7) is 5.98. The highest BCUT2D eigenvalue weighted by atomic mass is 19.4. The van der Waals surface area contributed by atoms with Crippen LogP contribution in [0.5, 0.6) is 11.5 Å². The Morgan fingerprint density at radius 1 is 0.854 bits per heavy atom. The monoisotopic (exact) mass is 572 g/mol. The van der Waals surface area contributed by atoms with Gasteiger partial charge in [0, 0.05) is 6.07 Å². The molecule has 218 valence electrons. The van der Waals surface area contributed by atoms with Crippen molar-refractivity contribution >= 4 is 11.9 Å². The zero-order valence-electron chi connectivity index (χ0n) is 22.7. The van der Waals surface area contributed by atoms with Crippen LogP contribution >= 0.6 is 0 Å². The second-order valence-electron chi connectivity index (χ2n) is 9.37. The molecule has 0 saturated carbocycles. The number of carbonyl (C=O) groups excluding carboxylic acids is 2. The van der Waals surface area contributed by atoms with Gasteiger partial charge in [-0.2, -0.15) is 13.2 Å². The Hall–Kier alpha value is -4.14. The molecule has 3 aromatic rings. The fourth-order valence-corrected chi connectivity index (χ4v) is 4.00. The number of carbonyl (C=O) groups is 2. The van der Waals surface area contributed by atoms with Gasteiger partial charge in [0.25, 0.3) is 0 Å². The molecular weight excluding hydrogens is 540 g/mol. The molecule has 1 unspecified atom stereocenters. The normalized spacial score (nSPS) is 11.9. The smallest absolute Gasteiger partial charge is 0.425 e. The Labute approximate surface area is 236 Å². The van der Waals surface area contributed by atoms with Gasteiger partial charge in [0.2, 0.25) is 0 Å². The summed E-state index contributed by atoms with van der Waals surface area (Å²) in [5.74, 6) is -2.91. The standard InChI is InChI=1S/C32H32F4O5/c1-3-5-6-7-8-9-29(32(34,35)36)41-31(38)27-19-18-26(21-28(27)33)40-30(37)24-12-10-22(11-13-24)23-14-16-25(17-15-23)39-20-4-2/h4,10-19,21,29H,2-3,5-9,20H2,1H3. The van der Waals surface area contributed by atoms with Crippen LogP contribution in [-0.4, -0.2) is 30.8 Å². The van der Waals surface area contributed by atoms with Crippen molar-refractivity contribution in [1.29, 1.82) is 0 Å². The summed E-state index contributed by atoms with van der Waals surface area (Å²) in [7, 11) is 0. The zero-order valence-corrected chi connectivity index (χ0v) is 22.7. The number of esters is 2. The molecule has 0 radical (unpaired) electrons. The van der Waals surface area contributed by atoms with Crippen LogP contribution in [0, 0.1) is 5.82 Å². The van der Waals surface area contributed by atoms with E-state index in [0.717, 1.165) is 48.6 Å². The maximum atomic E-state index is 14.6. The van der Waals surface area contributed by atoms with E-state index in [0.29, 0.717) is 18.8 Å². The van der Waals surface area contributed by atoms with Gasteiger partial charge in [0.15, 0.2) is 6.10 Å². The average molecular weight is 573 g/mol. The molecule has 3 aromatic carbocycles. The fourth-order valence-electron chi connectivity index (χ4n) is 4.00. The summed E-state index contributed by atoms with van der Waals surface area (Å²) in [6.07, 6.45) is -2.42. The fraction of sp³-hybridized carbons (Fsp3) is 0.312. The van der Waals surface area contributed by atoms with Gasteiger partial charge in [-0.15, -0.1) is 0 Å². The lowest BCUT2D eigenvalue weighted by atomic mass is 10.0. The second-order valence-corrected chi connectivity index (χ2v) is 9.37. The molecule has 0 spiro atoms.